The fourth-order valence-electron chi connectivity index (χ4n) is 3.69. The SMILES string of the molecule is CN=C(NCC1(c2cccc(Br)c2)CC1)N(C)CCC1CCOCC1. The van der Waals surface area contributed by atoms with E-state index in [0.717, 1.165) is 42.7 Å². The highest BCUT2D eigenvalue weighted by Crippen LogP contribution is 2.48. The average molecular weight is 408 g/mol. The maximum Gasteiger partial charge on any atom is 0.193 e. The lowest BCUT2D eigenvalue weighted by Gasteiger charge is -2.28. The molecule has 2 aliphatic rings. The van der Waals surface area contributed by atoms with E-state index >= 15 is 0 Å². The summed E-state index contributed by atoms with van der Waals surface area (Å²) in [4.78, 5) is 6.76. The van der Waals surface area contributed by atoms with Crippen molar-refractivity contribution in [1.29, 1.82) is 0 Å². The van der Waals surface area contributed by atoms with Gasteiger partial charge in [-0.25, -0.2) is 0 Å². The van der Waals surface area contributed by atoms with Crippen LogP contribution in [-0.4, -0.2) is 51.3 Å². The number of aliphatic imine (C=N–C) groups is 1. The summed E-state index contributed by atoms with van der Waals surface area (Å²) in [5.41, 5.74) is 1.70. The summed E-state index contributed by atoms with van der Waals surface area (Å²) in [7, 11) is 4.03. The highest BCUT2D eigenvalue weighted by molar-refractivity contribution is 9.10. The van der Waals surface area contributed by atoms with Crippen LogP contribution in [0, 0.1) is 5.92 Å². The van der Waals surface area contributed by atoms with Crippen LogP contribution >= 0.6 is 15.9 Å². The second-order valence-electron chi connectivity index (χ2n) is 7.46. The first-order chi connectivity index (χ1) is 12.1. The molecule has 1 aromatic carbocycles. The van der Waals surface area contributed by atoms with Crippen molar-refractivity contribution in [2.75, 3.05) is 40.4 Å². The molecule has 2 fully saturated rings. The molecule has 1 N–H and O–H groups in total. The van der Waals surface area contributed by atoms with Crippen LogP contribution in [-0.2, 0) is 10.2 Å². The van der Waals surface area contributed by atoms with Crippen LogP contribution in [0.3, 0.4) is 0 Å². The maximum atomic E-state index is 5.46. The van der Waals surface area contributed by atoms with Gasteiger partial charge in [0.25, 0.3) is 0 Å². The highest BCUT2D eigenvalue weighted by atomic mass is 79.9. The number of benzene rings is 1. The Morgan fingerprint density at radius 1 is 1.36 bits per heavy atom. The third-order valence-electron chi connectivity index (χ3n) is 5.66. The molecule has 0 atom stereocenters. The van der Waals surface area contributed by atoms with Gasteiger partial charge in [-0.2, -0.15) is 0 Å². The molecule has 0 radical (unpaired) electrons. The summed E-state index contributed by atoms with van der Waals surface area (Å²) >= 11 is 3.60. The van der Waals surface area contributed by atoms with Gasteiger partial charge in [-0.1, -0.05) is 28.1 Å². The number of hydrogen-bond donors (Lipinski definition) is 1. The van der Waals surface area contributed by atoms with Gasteiger partial charge in [-0.3, -0.25) is 4.99 Å². The van der Waals surface area contributed by atoms with Crippen LogP contribution in [0.4, 0.5) is 0 Å². The molecule has 1 aliphatic carbocycles. The molecule has 0 aromatic heterocycles. The summed E-state index contributed by atoms with van der Waals surface area (Å²) < 4.78 is 6.62. The first-order valence-electron chi connectivity index (χ1n) is 9.38. The Hall–Kier alpha value is -1.07. The monoisotopic (exact) mass is 407 g/mol. The summed E-state index contributed by atoms with van der Waals surface area (Å²) in [5.74, 6) is 1.80. The van der Waals surface area contributed by atoms with Crippen molar-refractivity contribution in [2.24, 2.45) is 10.9 Å². The second-order valence-corrected chi connectivity index (χ2v) is 8.37. The van der Waals surface area contributed by atoms with Crippen LogP contribution in [0.15, 0.2) is 33.7 Å². The Labute approximate surface area is 160 Å². The highest BCUT2D eigenvalue weighted by Gasteiger charge is 2.44. The molecular formula is C20H30BrN3O. The van der Waals surface area contributed by atoms with Crippen LogP contribution < -0.4 is 5.32 Å². The summed E-state index contributed by atoms with van der Waals surface area (Å²) in [5, 5.41) is 3.61. The van der Waals surface area contributed by atoms with Crippen LogP contribution in [0.2, 0.25) is 0 Å². The van der Waals surface area contributed by atoms with Crippen molar-refractivity contribution < 1.29 is 4.74 Å². The fraction of sp³-hybridized carbons (Fsp3) is 0.650. The molecule has 0 spiro atoms. The van der Waals surface area contributed by atoms with E-state index in [1.807, 2.05) is 7.05 Å². The van der Waals surface area contributed by atoms with Crippen molar-refractivity contribution in [3.05, 3.63) is 34.3 Å². The Morgan fingerprint density at radius 3 is 2.76 bits per heavy atom. The predicted octanol–water partition coefficient (Wildman–Crippen LogP) is 3.80. The third kappa shape index (κ3) is 4.98. The Bertz CT molecular complexity index is 594. The molecule has 25 heavy (non-hydrogen) atoms. The lowest BCUT2D eigenvalue weighted by Crippen LogP contribution is -2.43. The van der Waals surface area contributed by atoms with Crippen molar-refractivity contribution in [3.8, 4) is 0 Å². The molecule has 3 rings (SSSR count). The van der Waals surface area contributed by atoms with Gasteiger partial charge in [-0.05, 0) is 55.7 Å². The van der Waals surface area contributed by atoms with Gasteiger partial charge in [0, 0.05) is 50.3 Å². The van der Waals surface area contributed by atoms with Gasteiger partial charge < -0.3 is 15.0 Å². The molecule has 5 heteroatoms. The minimum absolute atomic E-state index is 0.279. The predicted molar refractivity (Wildman–Crippen MR) is 107 cm³/mol. The second kappa shape index (κ2) is 8.54. The minimum Gasteiger partial charge on any atom is -0.381 e. The zero-order valence-electron chi connectivity index (χ0n) is 15.4. The molecule has 1 aliphatic heterocycles. The topological polar surface area (TPSA) is 36.9 Å². The number of guanidine groups is 1. The largest absolute Gasteiger partial charge is 0.381 e. The van der Waals surface area contributed by atoms with E-state index in [1.165, 1.54) is 37.7 Å². The van der Waals surface area contributed by atoms with E-state index in [0.29, 0.717) is 0 Å². The third-order valence-corrected chi connectivity index (χ3v) is 6.16. The molecule has 1 aromatic rings. The van der Waals surface area contributed by atoms with Gasteiger partial charge in [0.2, 0.25) is 0 Å². The van der Waals surface area contributed by atoms with E-state index < -0.39 is 0 Å². The number of hydrogen-bond acceptors (Lipinski definition) is 2. The number of ether oxygens (including phenoxy) is 1. The molecule has 1 saturated carbocycles. The van der Waals surface area contributed by atoms with Gasteiger partial charge in [0.05, 0.1) is 0 Å². The lowest BCUT2D eigenvalue weighted by atomic mass is 9.96. The Kier molecular flexibility index (Phi) is 6.39. The minimum atomic E-state index is 0.279. The normalized spacial score (nSPS) is 20.4. The summed E-state index contributed by atoms with van der Waals surface area (Å²) in [6.45, 7) is 3.86. The van der Waals surface area contributed by atoms with Crippen molar-refractivity contribution in [2.45, 2.75) is 37.5 Å². The number of halogens is 1. The molecule has 0 amide bonds. The number of rotatable bonds is 6. The summed E-state index contributed by atoms with van der Waals surface area (Å²) in [6, 6.07) is 8.73. The number of nitrogens with zero attached hydrogens (tertiary/aromatic N) is 2. The molecule has 0 unspecified atom stereocenters. The van der Waals surface area contributed by atoms with E-state index in [4.69, 9.17) is 4.74 Å². The van der Waals surface area contributed by atoms with Crippen LogP contribution in [0.5, 0.6) is 0 Å². The van der Waals surface area contributed by atoms with Gasteiger partial charge >= 0.3 is 0 Å². The van der Waals surface area contributed by atoms with Crippen LogP contribution in [0.1, 0.15) is 37.7 Å². The van der Waals surface area contributed by atoms with Crippen molar-refractivity contribution >= 4 is 21.9 Å². The molecular weight excluding hydrogens is 378 g/mol. The Balaban J connectivity index is 1.50. The summed E-state index contributed by atoms with van der Waals surface area (Å²) in [6.07, 6.45) is 6.12. The molecule has 1 saturated heterocycles. The zero-order chi connectivity index (χ0) is 17.7. The van der Waals surface area contributed by atoms with Gasteiger partial charge in [-0.15, -0.1) is 0 Å². The van der Waals surface area contributed by atoms with E-state index in [9.17, 15) is 0 Å². The van der Waals surface area contributed by atoms with E-state index in [-0.39, 0.29) is 5.41 Å². The first-order valence-corrected chi connectivity index (χ1v) is 10.2. The number of nitrogens with one attached hydrogen (secondary N) is 1. The van der Waals surface area contributed by atoms with Gasteiger partial charge in [0.1, 0.15) is 0 Å². The Morgan fingerprint density at radius 2 is 2.12 bits per heavy atom. The van der Waals surface area contributed by atoms with Crippen LogP contribution in [0.25, 0.3) is 0 Å². The van der Waals surface area contributed by atoms with Crippen molar-refractivity contribution in [3.63, 3.8) is 0 Å². The van der Waals surface area contributed by atoms with Crippen molar-refractivity contribution in [1.82, 2.24) is 10.2 Å². The quantitative estimate of drug-likeness (QED) is 0.575. The first kappa shape index (κ1) is 18.7. The molecule has 0 bridgehead atoms. The zero-order valence-corrected chi connectivity index (χ0v) is 17.0. The fourth-order valence-corrected chi connectivity index (χ4v) is 4.09. The molecule has 138 valence electrons. The van der Waals surface area contributed by atoms with E-state index in [2.05, 4.69) is 62.5 Å². The van der Waals surface area contributed by atoms with Gasteiger partial charge in [0.15, 0.2) is 5.96 Å². The smallest absolute Gasteiger partial charge is 0.193 e. The molecule has 4 nitrogen and oxygen atoms in total. The van der Waals surface area contributed by atoms with E-state index in [1.54, 1.807) is 0 Å². The lowest BCUT2D eigenvalue weighted by molar-refractivity contribution is 0.0625. The average Bonchev–Trinajstić information content (AvgIpc) is 3.42. The molecule has 1 heterocycles. The standard InChI is InChI=1S/C20H30BrN3O/c1-22-19(24(2)11-6-16-7-12-25-13-8-16)23-15-20(9-10-20)17-4-3-5-18(21)14-17/h3-5,14,16H,6-13,15H2,1-2H3,(H,22,23). The maximum absolute atomic E-state index is 5.46.